The summed E-state index contributed by atoms with van der Waals surface area (Å²) < 4.78 is 0. The first kappa shape index (κ1) is 23.0. The zero-order valence-corrected chi connectivity index (χ0v) is 19.2. The quantitative estimate of drug-likeness (QED) is 0.277. The average Bonchev–Trinajstić information content (AvgIpc) is 2.73. The molecule has 0 atom stereocenters. The Hall–Kier alpha value is -3.64. The van der Waals surface area contributed by atoms with Crippen LogP contribution in [0.1, 0.15) is 27.8 Å². The molecule has 0 saturated carbocycles. The number of nitrogens with one attached hydrogen (secondary N) is 3. The van der Waals surface area contributed by atoms with Crippen LogP contribution in [0, 0.1) is 27.7 Å². The van der Waals surface area contributed by atoms with E-state index < -0.39 is 11.8 Å². The fourth-order valence-corrected chi connectivity index (χ4v) is 3.49. The summed E-state index contributed by atoms with van der Waals surface area (Å²) in [4.78, 5) is 24.5. The fraction of sp³-hybridized carbons (Fsp3) is 0.160. The molecule has 32 heavy (non-hydrogen) atoms. The third-order valence-corrected chi connectivity index (χ3v) is 5.07. The number of halogens is 1. The zero-order chi connectivity index (χ0) is 23.3. The van der Waals surface area contributed by atoms with Crippen LogP contribution in [0.25, 0.3) is 0 Å². The summed E-state index contributed by atoms with van der Waals surface area (Å²) in [5.74, 6) is -1.66. The largest absolute Gasteiger partial charge is 0.355 e. The Morgan fingerprint density at radius 3 is 2.16 bits per heavy atom. The number of carbonyl (C=O) groups excluding carboxylic acids is 2. The molecule has 3 aromatic rings. The Morgan fingerprint density at radius 2 is 1.50 bits per heavy atom. The minimum atomic E-state index is -0.865. The van der Waals surface area contributed by atoms with E-state index in [4.69, 9.17) is 11.6 Å². The summed E-state index contributed by atoms with van der Waals surface area (Å²) in [5, 5.41) is 10.4. The lowest BCUT2D eigenvalue weighted by Gasteiger charge is -2.12. The van der Waals surface area contributed by atoms with Gasteiger partial charge in [0.05, 0.1) is 6.21 Å². The highest BCUT2D eigenvalue weighted by atomic mass is 35.5. The normalized spacial score (nSPS) is 10.8. The third-order valence-electron chi connectivity index (χ3n) is 4.84. The summed E-state index contributed by atoms with van der Waals surface area (Å²) in [6, 6.07) is 17.1. The topological polar surface area (TPSA) is 82.6 Å². The molecule has 0 fully saturated rings. The van der Waals surface area contributed by atoms with E-state index in [2.05, 4.69) is 21.2 Å². The predicted molar refractivity (Wildman–Crippen MR) is 131 cm³/mol. The average molecular weight is 449 g/mol. The van der Waals surface area contributed by atoms with Crippen LogP contribution in [-0.4, -0.2) is 18.0 Å². The Bertz CT molecular complexity index is 1160. The van der Waals surface area contributed by atoms with E-state index in [9.17, 15) is 9.59 Å². The predicted octanol–water partition coefficient (Wildman–Crippen LogP) is 5.41. The summed E-state index contributed by atoms with van der Waals surface area (Å²) in [7, 11) is 0. The van der Waals surface area contributed by atoms with E-state index in [-0.39, 0.29) is 0 Å². The van der Waals surface area contributed by atoms with Gasteiger partial charge < -0.3 is 10.6 Å². The number of hydrazone groups is 1. The molecule has 0 saturated heterocycles. The highest BCUT2D eigenvalue weighted by molar-refractivity contribution is 6.39. The lowest BCUT2D eigenvalue weighted by molar-refractivity contribution is -0.136. The summed E-state index contributed by atoms with van der Waals surface area (Å²) >= 11 is 6.12. The lowest BCUT2D eigenvalue weighted by Crippen LogP contribution is -2.32. The van der Waals surface area contributed by atoms with Crippen molar-refractivity contribution in [2.24, 2.45) is 5.10 Å². The molecular formula is C25H25ClN4O2. The van der Waals surface area contributed by atoms with E-state index in [1.807, 2.05) is 70.2 Å². The van der Waals surface area contributed by atoms with Crippen molar-refractivity contribution in [2.75, 3.05) is 10.6 Å². The maximum Gasteiger partial charge on any atom is 0.329 e. The molecule has 0 aliphatic carbocycles. The molecule has 2 amide bonds. The van der Waals surface area contributed by atoms with Gasteiger partial charge in [0.15, 0.2) is 0 Å². The van der Waals surface area contributed by atoms with Crippen LogP contribution < -0.4 is 16.1 Å². The van der Waals surface area contributed by atoms with Gasteiger partial charge in [0.2, 0.25) is 0 Å². The molecular weight excluding hydrogens is 424 g/mol. The molecule has 0 aromatic heterocycles. The van der Waals surface area contributed by atoms with Crippen LogP contribution in [0.5, 0.6) is 0 Å². The van der Waals surface area contributed by atoms with Gasteiger partial charge in [-0.05, 0) is 69.2 Å². The molecule has 0 bridgehead atoms. The molecule has 3 aromatic carbocycles. The number of nitrogens with zero attached hydrogens (tertiary/aromatic N) is 1. The first-order valence-corrected chi connectivity index (χ1v) is 10.5. The number of anilines is 3. The smallest absolute Gasteiger partial charge is 0.329 e. The van der Waals surface area contributed by atoms with E-state index in [0.717, 1.165) is 33.6 Å². The lowest BCUT2D eigenvalue weighted by atomic mass is 10.1. The Kier molecular flexibility index (Phi) is 7.28. The number of carbonyl (C=O) groups is 2. The van der Waals surface area contributed by atoms with Gasteiger partial charge >= 0.3 is 11.8 Å². The van der Waals surface area contributed by atoms with Gasteiger partial charge in [0.25, 0.3) is 0 Å². The van der Waals surface area contributed by atoms with Gasteiger partial charge in [0.1, 0.15) is 0 Å². The van der Waals surface area contributed by atoms with Crippen molar-refractivity contribution in [1.82, 2.24) is 5.43 Å². The van der Waals surface area contributed by atoms with Crippen molar-refractivity contribution in [2.45, 2.75) is 27.7 Å². The molecule has 0 spiro atoms. The van der Waals surface area contributed by atoms with Crippen LogP contribution in [0.15, 0.2) is 59.7 Å². The fourth-order valence-electron chi connectivity index (χ4n) is 3.31. The molecule has 3 rings (SSSR count). The molecule has 0 unspecified atom stereocenters. The Labute approximate surface area is 192 Å². The minimum Gasteiger partial charge on any atom is -0.355 e. The summed E-state index contributed by atoms with van der Waals surface area (Å²) in [6.45, 7) is 7.76. The van der Waals surface area contributed by atoms with Gasteiger partial charge in [-0.25, -0.2) is 5.43 Å². The van der Waals surface area contributed by atoms with Crippen LogP contribution in [0.4, 0.5) is 17.1 Å². The molecule has 0 heterocycles. The van der Waals surface area contributed by atoms with E-state index in [1.54, 1.807) is 12.1 Å². The van der Waals surface area contributed by atoms with Crippen LogP contribution in [0.3, 0.4) is 0 Å². The Balaban J connectivity index is 1.68. The second kappa shape index (κ2) is 10.1. The third kappa shape index (κ3) is 5.95. The first-order valence-electron chi connectivity index (χ1n) is 10.1. The number of rotatable bonds is 5. The SMILES string of the molecule is Cc1ccc(Nc2ccc(Cl)cc2/C=N\NC(=O)C(=O)Nc2c(C)cc(C)cc2C)cc1. The van der Waals surface area contributed by atoms with Crippen molar-refractivity contribution in [3.63, 3.8) is 0 Å². The number of aryl methyl sites for hydroxylation is 4. The molecule has 0 aliphatic heterocycles. The molecule has 6 nitrogen and oxygen atoms in total. The molecule has 0 radical (unpaired) electrons. The monoisotopic (exact) mass is 448 g/mol. The standard InChI is InChI=1S/C25H25ClN4O2/c1-15-5-8-21(9-6-15)28-22-10-7-20(26)13-19(22)14-27-30-25(32)24(31)29-23-17(3)11-16(2)12-18(23)4/h5-14,28H,1-4H3,(H,29,31)(H,30,32)/b27-14-. The second-order valence-corrected chi connectivity index (χ2v) is 8.09. The van der Waals surface area contributed by atoms with Crippen LogP contribution in [0.2, 0.25) is 5.02 Å². The highest BCUT2D eigenvalue weighted by Crippen LogP contribution is 2.24. The van der Waals surface area contributed by atoms with E-state index >= 15 is 0 Å². The number of hydrogen-bond donors (Lipinski definition) is 3. The highest BCUT2D eigenvalue weighted by Gasteiger charge is 2.15. The molecule has 7 heteroatoms. The summed E-state index contributed by atoms with van der Waals surface area (Å²) in [6.07, 6.45) is 1.44. The molecule has 0 aliphatic rings. The molecule has 3 N–H and O–H groups in total. The van der Waals surface area contributed by atoms with Crippen LogP contribution >= 0.6 is 11.6 Å². The van der Waals surface area contributed by atoms with E-state index in [1.165, 1.54) is 6.21 Å². The zero-order valence-electron chi connectivity index (χ0n) is 18.4. The number of benzene rings is 3. The first-order chi connectivity index (χ1) is 15.2. The second-order valence-electron chi connectivity index (χ2n) is 7.65. The van der Waals surface area contributed by atoms with Gasteiger partial charge in [-0.3, -0.25) is 9.59 Å². The van der Waals surface area contributed by atoms with Gasteiger partial charge in [-0.1, -0.05) is 47.0 Å². The van der Waals surface area contributed by atoms with Crippen molar-refractivity contribution in [1.29, 1.82) is 0 Å². The van der Waals surface area contributed by atoms with Gasteiger partial charge in [-0.2, -0.15) is 5.10 Å². The minimum absolute atomic E-state index is 0.523. The Morgan fingerprint density at radius 1 is 0.844 bits per heavy atom. The van der Waals surface area contributed by atoms with Crippen molar-refractivity contribution < 1.29 is 9.59 Å². The van der Waals surface area contributed by atoms with Crippen molar-refractivity contribution in [3.05, 3.63) is 87.4 Å². The number of hydrogen-bond acceptors (Lipinski definition) is 4. The van der Waals surface area contributed by atoms with E-state index in [0.29, 0.717) is 16.3 Å². The number of amides is 2. The molecule has 164 valence electrons. The maximum absolute atomic E-state index is 12.3. The maximum atomic E-state index is 12.3. The van der Waals surface area contributed by atoms with Gasteiger partial charge in [-0.15, -0.1) is 0 Å². The van der Waals surface area contributed by atoms with Crippen molar-refractivity contribution in [3.8, 4) is 0 Å². The summed E-state index contributed by atoms with van der Waals surface area (Å²) in [5.41, 5.74) is 9.22. The van der Waals surface area contributed by atoms with Crippen molar-refractivity contribution >= 4 is 46.7 Å². The van der Waals surface area contributed by atoms with Crippen LogP contribution in [-0.2, 0) is 9.59 Å². The van der Waals surface area contributed by atoms with Gasteiger partial charge in [0, 0.05) is 27.6 Å².